The van der Waals surface area contributed by atoms with Gasteiger partial charge in [0.2, 0.25) is 0 Å². The van der Waals surface area contributed by atoms with Gasteiger partial charge < -0.3 is 5.73 Å². The van der Waals surface area contributed by atoms with Crippen LogP contribution < -0.4 is 5.73 Å². The van der Waals surface area contributed by atoms with Gasteiger partial charge in [-0.2, -0.15) is 0 Å². The van der Waals surface area contributed by atoms with Crippen molar-refractivity contribution in [2.45, 2.75) is 6.92 Å². The van der Waals surface area contributed by atoms with Gasteiger partial charge in [-0.25, -0.2) is 0 Å². The summed E-state index contributed by atoms with van der Waals surface area (Å²) in [5, 5.41) is 7.39. The Kier molecular flexibility index (Phi) is 5.23. The van der Waals surface area contributed by atoms with Crippen molar-refractivity contribution in [3.63, 3.8) is 0 Å². The molecule has 1 nitrogen and oxygen atoms in total. The molecule has 0 amide bonds. The van der Waals surface area contributed by atoms with E-state index in [4.69, 9.17) is 5.73 Å². The molecule has 0 aromatic heterocycles. The first-order valence-corrected chi connectivity index (χ1v) is 13.1. The molecule has 0 saturated heterocycles. The average Bonchev–Trinajstić information content (AvgIpc) is 2.96. The molecule has 1 heteroatoms. The van der Waals surface area contributed by atoms with Crippen LogP contribution in [-0.2, 0) is 0 Å². The summed E-state index contributed by atoms with van der Waals surface area (Å²) in [7, 11) is 0. The highest BCUT2D eigenvalue weighted by atomic mass is 14.5. The first-order valence-electron chi connectivity index (χ1n) is 13.1. The quantitative estimate of drug-likeness (QED) is 0.195. The number of nitrogens with two attached hydrogens (primary N) is 1. The lowest BCUT2D eigenvalue weighted by Crippen LogP contribution is -1.93. The number of aryl methyl sites for hydroxylation is 1. The largest absolute Gasteiger partial charge is 0.399 e. The Balaban J connectivity index is 1.54. The van der Waals surface area contributed by atoms with Crippen LogP contribution in [0.3, 0.4) is 0 Å². The molecule has 0 saturated carbocycles. The summed E-state index contributed by atoms with van der Waals surface area (Å²) in [6.07, 6.45) is 0. The first kappa shape index (κ1) is 22.3. The Morgan fingerprint density at radius 2 is 0.974 bits per heavy atom. The van der Waals surface area contributed by atoms with Crippen LogP contribution in [0.15, 0.2) is 133 Å². The van der Waals surface area contributed by atoms with Crippen molar-refractivity contribution < 1.29 is 0 Å². The number of nitrogen functional groups attached to an aromatic ring is 1. The van der Waals surface area contributed by atoms with Gasteiger partial charge in [0.05, 0.1) is 0 Å². The van der Waals surface area contributed by atoms with Crippen LogP contribution in [0.4, 0.5) is 5.69 Å². The van der Waals surface area contributed by atoms with Crippen molar-refractivity contribution in [2.75, 3.05) is 5.73 Å². The van der Waals surface area contributed by atoms with Crippen molar-refractivity contribution in [3.8, 4) is 33.4 Å². The van der Waals surface area contributed by atoms with Gasteiger partial charge in [0.25, 0.3) is 0 Å². The molecule has 0 atom stereocenters. The van der Waals surface area contributed by atoms with Crippen molar-refractivity contribution in [1.82, 2.24) is 0 Å². The van der Waals surface area contributed by atoms with E-state index in [0.717, 1.165) is 5.69 Å². The SMILES string of the molecule is Cc1ccc2c(-c3ccc(-c4ccccc4)cc3)c3cc(N)ccc3c(-c3ccc4ccccc4c3)c2c1. The molecule has 0 spiro atoms. The molecule has 0 unspecified atom stereocenters. The molecule has 2 N–H and O–H groups in total. The molecule has 7 rings (SSSR count). The summed E-state index contributed by atoms with van der Waals surface area (Å²) in [5.74, 6) is 0. The van der Waals surface area contributed by atoms with Gasteiger partial charge in [0, 0.05) is 5.69 Å². The second-order valence-electron chi connectivity index (χ2n) is 10.1. The predicted octanol–water partition coefficient (Wildman–Crippen LogP) is 10.0. The van der Waals surface area contributed by atoms with Gasteiger partial charge in [-0.3, -0.25) is 0 Å². The summed E-state index contributed by atoms with van der Waals surface area (Å²) in [6.45, 7) is 2.17. The Labute approximate surface area is 222 Å². The average molecular weight is 486 g/mol. The second-order valence-corrected chi connectivity index (χ2v) is 10.1. The number of anilines is 1. The van der Waals surface area contributed by atoms with Gasteiger partial charge in [-0.15, -0.1) is 0 Å². The lowest BCUT2D eigenvalue weighted by molar-refractivity contribution is 1.51. The Bertz CT molecular complexity index is 1970. The van der Waals surface area contributed by atoms with E-state index >= 15 is 0 Å². The molecular formula is C37H27N. The molecule has 0 fully saturated rings. The Morgan fingerprint density at radius 1 is 0.395 bits per heavy atom. The van der Waals surface area contributed by atoms with Gasteiger partial charge in [0.15, 0.2) is 0 Å². The first-order chi connectivity index (χ1) is 18.7. The number of benzene rings is 7. The number of fused-ring (bicyclic) bond motifs is 3. The summed E-state index contributed by atoms with van der Waals surface area (Å²) in [5.41, 5.74) is 15.8. The highest BCUT2D eigenvalue weighted by Crippen LogP contribution is 2.45. The smallest absolute Gasteiger partial charge is 0.0320 e. The molecular weight excluding hydrogens is 458 g/mol. The van der Waals surface area contributed by atoms with Crippen LogP contribution in [0.1, 0.15) is 5.56 Å². The maximum Gasteiger partial charge on any atom is 0.0320 e. The van der Waals surface area contributed by atoms with E-state index < -0.39 is 0 Å². The molecule has 0 bridgehead atoms. The summed E-state index contributed by atoms with van der Waals surface area (Å²) < 4.78 is 0. The molecule has 38 heavy (non-hydrogen) atoms. The second kappa shape index (κ2) is 8.90. The van der Waals surface area contributed by atoms with E-state index in [1.165, 1.54) is 71.3 Å². The third kappa shape index (κ3) is 3.72. The fraction of sp³-hybridized carbons (Fsp3) is 0.0270. The molecule has 0 heterocycles. The summed E-state index contributed by atoms with van der Waals surface area (Å²) in [4.78, 5) is 0. The maximum absolute atomic E-state index is 6.40. The van der Waals surface area contributed by atoms with E-state index in [1.807, 2.05) is 6.07 Å². The summed E-state index contributed by atoms with van der Waals surface area (Å²) >= 11 is 0. The third-order valence-corrected chi connectivity index (χ3v) is 7.61. The molecule has 0 aliphatic carbocycles. The van der Waals surface area contributed by atoms with E-state index in [1.54, 1.807) is 0 Å². The summed E-state index contributed by atoms with van der Waals surface area (Å²) in [6, 6.07) is 48.0. The van der Waals surface area contributed by atoms with Gasteiger partial charge in [-0.1, -0.05) is 121 Å². The zero-order valence-electron chi connectivity index (χ0n) is 21.3. The minimum atomic E-state index is 0.774. The van der Waals surface area contributed by atoms with Crippen LogP contribution in [-0.4, -0.2) is 0 Å². The highest BCUT2D eigenvalue weighted by molar-refractivity contribution is 6.22. The molecule has 7 aromatic carbocycles. The number of rotatable bonds is 3. The van der Waals surface area contributed by atoms with Crippen LogP contribution in [0.25, 0.3) is 65.7 Å². The van der Waals surface area contributed by atoms with Gasteiger partial charge in [0.1, 0.15) is 0 Å². The van der Waals surface area contributed by atoms with Crippen molar-refractivity contribution in [2.24, 2.45) is 0 Å². The van der Waals surface area contributed by atoms with Crippen LogP contribution in [0.2, 0.25) is 0 Å². The minimum Gasteiger partial charge on any atom is -0.399 e. The zero-order chi connectivity index (χ0) is 25.6. The highest BCUT2D eigenvalue weighted by Gasteiger charge is 2.17. The van der Waals surface area contributed by atoms with E-state index in [2.05, 4.69) is 134 Å². The van der Waals surface area contributed by atoms with Crippen LogP contribution in [0, 0.1) is 6.92 Å². The van der Waals surface area contributed by atoms with Crippen molar-refractivity contribution >= 4 is 38.0 Å². The normalized spacial score (nSPS) is 11.4. The Hall–Kier alpha value is -4.88. The minimum absolute atomic E-state index is 0.774. The molecule has 0 aliphatic rings. The number of hydrogen-bond donors (Lipinski definition) is 1. The molecule has 0 radical (unpaired) electrons. The van der Waals surface area contributed by atoms with E-state index in [0.29, 0.717) is 0 Å². The van der Waals surface area contributed by atoms with Crippen LogP contribution >= 0.6 is 0 Å². The number of hydrogen-bond acceptors (Lipinski definition) is 1. The lowest BCUT2D eigenvalue weighted by Gasteiger charge is -2.19. The molecule has 180 valence electrons. The third-order valence-electron chi connectivity index (χ3n) is 7.61. The van der Waals surface area contributed by atoms with E-state index in [-0.39, 0.29) is 0 Å². The van der Waals surface area contributed by atoms with E-state index in [9.17, 15) is 0 Å². The van der Waals surface area contributed by atoms with Crippen LogP contribution in [0.5, 0.6) is 0 Å². The van der Waals surface area contributed by atoms with Crippen molar-refractivity contribution in [3.05, 3.63) is 139 Å². The molecule has 7 aromatic rings. The topological polar surface area (TPSA) is 26.0 Å². The lowest BCUT2D eigenvalue weighted by atomic mass is 9.84. The maximum atomic E-state index is 6.40. The fourth-order valence-electron chi connectivity index (χ4n) is 5.79. The Morgan fingerprint density at radius 3 is 1.76 bits per heavy atom. The fourth-order valence-corrected chi connectivity index (χ4v) is 5.79. The van der Waals surface area contributed by atoms with Gasteiger partial charge in [-0.05, 0) is 90.8 Å². The molecule has 0 aliphatic heterocycles. The monoisotopic (exact) mass is 485 g/mol. The zero-order valence-corrected chi connectivity index (χ0v) is 21.3. The predicted molar refractivity (Wildman–Crippen MR) is 164 cm³/mol. The standard InChI is InChI=1S/C37H27N/c1-24-11-19-32-34(21-24)37(30-17-14-26-9-5-6-10-29(26)22-30)33-20-18-31(38)23-35(33)36(32)28-15-12-27(13-16-28)25-7-3-2-4-8-25/h2-23H,38H2,1H3. The van der Waals surface area contributed by atoms with Gasteiger partial charge >= 0.3 is 0 Å². The van der Waals surface area contributed by atoms with Crippen molar-refractivity contribution in [1.29, 1.82) is 0 Å².